The summed E-state index contributed by atoms with van der Waals surface area (Å²) >= 11 is 1.75. The number of hydrogen-bond donors (Lipinski definition) is 1. The van der Waals surface area contributed by atoms with Gasteiger partial charge in [0, 0.05) is 17.5 Å². The molecule has 0 aliphatic carbocycles. The van der Waals surface area contributed by atoms with E-state index in [0.717, 1.165) is 23.7 Å². The maximum Gasteiger partial charge on any atom is 0.140 e. The Balaban J connectivity index is 2.00. The number of nitrogens with zero attached hydrogens (tertiary/aromatic N) is 1. The number of ether oxygens (including phenoxy) is 1. The van der Waals surface area contributed by atoms with Crippen LogP contribution in [0.15, 0.2) is 24.3 Å². The highest BCUT2D eigenvalue weighted by Gasteiger charge is 2.10. The number of thiazole rings is 1. The Morgan fingerprint density at radius 2 is 2.14 bits per heavy atom. The van der Waals surface area contributed by atoms with Crippen molar-refractivity contribution in [2.24, 2.45) is 0 Å². The Hall–Kier alpha value is -1.39. The first-order valence-corrected chi connectivity index (χ1v) is 8.30. The minimum absolute atomic E-state index is 0.490. The summed E-state index contributed by atoms with van der Waals surface area (Å²) < 4.78 is 5.84. The van der Waals surface area contributed by atoms with Gasteiger partial charge in [-0.25, -0.2) is 4.98 Å². The van der Waals surface area contributed by atoms with Gasteiger partial charge < -0.3 is 10.1 Å². The van der Waals surface area contributed by atoms with Crippen LogP contribution in [0.5, 0.6) is 5.75 Å². The molecule has 0 spiro atoms. The van der Waals surface area contributed by atoms with Crippen LogP contribution in [0.2, 0.25) is 0 Å². The van der Waals surface area contributed by atoms with E-state index < -0.39 is 0 Å². The lowest BCUT2D eigenvalue weighted by molar-refractivity contribution is 0.305. The van der Waals surface area contributed by atoms with Gasteiger partial charge in [0.15, 0.2) is 0 Å². The summed E-state index contributed by atoms with van der Waals surface area (Å²) in [6, 6.07) is 8.62. The molecule has 0 saturated heterocycles. The van der Waals surface area contributed by atoms with Gasteiger partial charge in [-0.05, 0) is 31.0 Å². The molecule has 21 heavy (non-hydrogen) atoms. The number of aromatic nitrogens is 1. The molecule has 114 valence electrons. The van der Waals surface area contributed by atoms with Crippen molar-refractivity contribution in [3.63, 3.8) is 0 Å². The van der Waals surface area contributed by atoms with Crippen LogP contribution in [0, 0.1) is 6.92 Å². The molecule has 2 aromatic rings. The highest BCUT2D eigenvalue weighted by Crippen LogP contribution is 2.21. The standard InChI is InChI=1S/C17H24N2OS/c1-5-15-16(10-18-12(2)3)21-17(19-15)11-20-14-8-6-7-13(4)9-14/h6-9,12,18H,5,10-11H2,1-4H3. The SMILES string of the molecule is CCc1nc(COc2cccc(C)c2)sc1CNC(C)C. The molecule has 1 heterocycles. The number of hydrogen-bond acceptors (Lipinski definition) is 4. The van der Waals surface area contributed by atoms with Crippen molar-refractivity contribution in [1.82, 2.24) is 10.3 Å². The molecule has 1 aromatic heterocycles. The minimum atomic E-state index is 0.490. The number of nitrogens with one attached hydrogen (secondary N) is 1. The van der Waals surface area contributed by atoms with E-state index in [2.05, 4.69) is 45.1 Å². The van der Waals surface area contributed by atoms with Crippen molar-refractivity contribution in [3.8, 4) is 5.75 Å². The van der Waals surface area contributed by atoms with E-state index in [9.17, 15) is 0 Å². The van der Waals surface area contributed by atoms with Crippen molar-refractivity contribution < 1.29 is 4.74 Å². The highest BCUT2D eigenvalue weighted by atomic mass is 32.1. The van der Waals surface area contributed by atoms with Gasteiger partial charge >= 0.3 is 0 Å². The Labute approximate surface area is 131 Å². The van der Waals surface area contributed by atoms with Crippen LogP contribution in [-0.4, -0.2) is 11.0 Å². The van der Waals surface area contributed by atoms with Gasteiger partial charge in [-0.1, -0.05) is 32.9 Å². The van der Waals surface area contributed by atoms with Crippen LogP contribution in [0.3, 0.4) is 0 Å². The smallest absolute Gasteiger partial charge is 0.140 e. The molecule has 0 bridgehead atoms. The summed E-state index contributed by atoms with van der Waals surface area (Å²) in [6.45, 7) is 9.98. The summed E-state index contributed by atoms with van der Waals surface area (Å²) in [7, 11) is 0. The molecule has 0 aliphatic heterocycles. The third-order valence-electron chi connectivity index (χ3n) is 3.18. The van der Waals surface area contributed by atoms with E-state index in [1.165, 1.54) is 16.1 Å². The van der Waals surface area contributed by atoms with Gasteiger partial charge in [-0.3, -0.25) is 0 Å². The second-order valence-electron chi connectivity index (χ2n) is 5.47. The predicted molar refractivity (Wildman–Crippen MR) is 89.0 cm³/mol. The Morgan fingerprint density at radius 3 is 2.81 bits per heavy atom. The van der Waals surface area contributed by atoms with E-state index >= 15 is 0 Å². The fourth-order valence-corrected chi connectivity index (χ4v) is 3.08. The monoisotopic (exact) mass is 304 g/mol. The fraction of sp³-hybridized carbons (Fsp3) is 0.471. The van der Waals surface area contributed by atoms with Gasteiger partial charge in [0.2, 0.25) is 0 Å². The zero-order valence-corrected chi connectivity index (χ0v) is 14.1. The Bertz CT molecular complexity index is 578. The quantitative estimate of drug-likeness (QED) is 0.836. The van der Waals surface area contributed by atoms with Crippen LogP contribution in [-0.2, 0) is 19.6 Å². The van der Waals surface area contributed by atoms with Crippen LogP contribution in [0.25, 0.3) is 0 Å². The van der Waals surface area contributed by atoms with Crippen molar-refractivity contribution in [2.75, 3.05) is 0 Å². The molecule has 4 heteroatoms. The molecule has 3 nitrogen and oxygen atoms in total. The van der Waals surface area contributed by atoms with Gasteiger partial charge in [-0.2, -0.15) is 0 Å². The Morgan fingerprint density at radius 1 is 1.33 bits per heavy atom. The van der Waals surface area contributed by atoms with E-state index in [4.69, 9.17) is 9.72 Å². The average Bonchev–Trinajstić information content (AvgIpc) is 2.85. The van der Waals surface area contributed by atoms with Gasteiger partial charge in [0.1, 0.15) is 17.4 Å². The lowest BCUT2D eigenvalue weighted by Crippen LogP contribution is -2.21. The normalized spacial score (nSPS) is 11.1. The third kappa shape index (κ3) is 4.83. The Kier molecular flexibility index (Phi) is 5.76. The van der Waals surface area contributed by atoms with Gasteiger partial charge in [0.25, 0.3) is 0 Å². The van der Waals surface area contributed by atoms with Gasteiger partial charge in [-0.15, -0.1) is 11.3 Å². The van der Waals surface area contributed by atoms with Crippen molar-refractivity contribution >= 4 is 11.3 Å². The summed E-state index contributed by atoms with van der Waals surface area (Å²) in [5, 5.41) is 4.51. The highest BCUT2D eigenvalue weighted by molar-refractivity contribution is 7.11. The largest absolute Gasteiger partial charge is 0.486 e. The lowest BCUT2D eigenvalue weighted by Gasteiger charge is -2.06. The van der Waals surface area contributed by atoms with Crippen molar-refractivity contribution in [1.29, 1.82) is 0 Å². The maximum atomic E-state index is 5.84. The lowest BCUT2D eigenvalue weighted by atomic mass is 10.2. The topological polar surface area (TPSA) is 34.1 Å². The molecular formula is C17H24N2OS. The molecule has 0 fully saturated rings. The molecular weight excluding hydrogens is 280 g/mol. The predicted octanol–water partition coefficient (Wildman–Crippen LogP) is 4.09. The van der Waals surface area contributed by atoms with Crippen LogP contribution in [0.4, 0.5) is 0 Å². The molecule has 0 amide bonds. The molecule has 0 atom stereocenters. The number of aryl methyl sites for hydroxylation is 2. The first-order valence-electron chi connectivity index (χ1n) is 7.48. The van der Waals surface area contributed by atoms with Crippen LogP contribution < -0.4 is 10.1 Å². The molecule has 2 rings (SSSR count). The van der Waals surface area contributed by atoms with E-state index in [-0.39, 0.29) is 0 Å². The molecule has 0 radical (unpaired) electrons. The summed E-state index contributed by atoms with van der Waals surface area (Å²) in [5.74, 6) is 0.908. The second kappa shape index (κ2) is 7.57. The summed E-state index contributed by atoms with van der Waals surface area (Å²) in [4.78, 5) is 6.03. The second-order valence-corrected chi connectivity index (χ2v) is 6.64. The molecule has 1 aromatic carbocycles. The fourth-order valence-electron chi connectivity index (χ4n) is 2.06. The molecule has 0 unspecified atom stereocenters. The third-order valence-corrected chi connectivity index (χ3v) is 4.25. The summed E-state index contributed by atoms with van der Waals surface area (Å²) in [6.07, 6.45) is 0.968. The molecule has 1 N–H and O–H groups in total. The zero-order valence-electron chi connectivity index (χ0n) is 13.3. The van der Waals surface area contributed by atoms with Crippen LogP contribution >= 0.6 is 11.3 Å². The molecule has 0 saturated carbocycles. The van der Waals surface area contributed by atoms with E-state index in [1.807, 2.05) is 12.1 Å². The number of benzene rings is 1. The minimum Gasteiger partial charge on any atom is -0.486 e. The maximum absolute atomic E-state index is 5.84. The van der Waals surface area contributed by atoms with Crippen molar-refractivity contribution in [2.45, 2.75) is 53.3 Å². The summed E-state index contributed by atoms with van der Waals surface area (Å²) in [5.41, 5.74) is 2.40. The van der Waals surface area contributed by atoms with E-state index in [1.54, 1.807) is 11.3 Å². The first-order chi connectivity index (χ1) is 10.1. The zero-order chi connectivity index (χ0) is 15.2. The first kappa shape index (κ1) is 16.0. The number of rotatable bonds is 7. The molecule has 0 aliphatic rings. The van der Waals surface area contributed by atoms with Crippen molar-refractivity contribution in [3.05, 3.63) is 45.4 Å². The van der Waals surface area contributed by atoms with Crippen LogP contribution in [0.1, 0.15) is 41.9 Å². The average molecular weight is 304 g/mol. The van der Waals surface area contributed by atoms with E-state index in [0.29, 0.717) is 12.6 Å². The van der Waals surface area contributed by atoms with Gasteiger partial charge in [0.05, 0.1) is 5.69 Å².